The van der Waals surface area contributed by atoms with Crippen molar-refractivity contribution in [2.24, 2.45) is 16.8 Å². The Morgan fingerprint density at radius 2 is 1.94 bits per heavy atom. The predicted octanol–water partition coefficient (Wildman–Crippen LogP) is 3.61. The van der Waals surface area contributed by atoms with Crippen LogP contribution >= 0.6 is 11.8 Å². The molecule has 0 bridgehead atoms. The van der Waals surface area contributed by atoms with Gasteiger partial charge in [-0.2, -0.15) is 5.10 Å². The molecular weight excluding hydrogens is 414 g/mol. The molecule has 1 aliphatic rings. The van der Waals surface area contributed by atoms with Gasteiger partial charge < -0.3 is 15.8 Å². The number of carboxylic acid groups (broad SMARTS) is 1. The van der Waals surface area contributed by atoms with Crippen molar-refractivity contribution in [3.8, 4) is 0 Å². The summed E-state index contributed by atoms with van der Waals surface area (Å²) in [5, 5.41) is 12.4. The van der Waals surface area contributed by atoms with Gasteiger partial charge in [-0.1, -0.05) is 62.0 Å². The maximum absolute atomic E-state index is 12.6. The van der Waals surface area contributed by atoms with Crippen molar-refractivity contribution in [2.75, 3.05) is 17.3 Å². The van der Waals surface area contributed by atoms with Crippen molar-refractivity contribution in [3.63, 3.8) is 0 Å². The van der Waals surface area contributed by atoms with E-state index in [-0.39, 0.29) is 18.1 Å². The lowest BCUT2D eigenvalue weighted by atomic mass is 10.2. The molecule has 9 heteroatoms. The van der Waals surface area contributed by atoms with Crippen molar-refractivity contribution in [1.82, 2.24) is 4.90 Å². The minimum atomic E-state index is -0.250. The number of nitrogens with zero attached hydrogens (tertiary/aromatic N) is 3. The number of benzene rings is 1. The summed E-state index contributed by atoms with van der Waals surface area (Å²) in [6.45, 7) is 12.2. The van der Waals surface area contributed by atoms with E-state index < -0.39 is 0 Å². The molecule has 1 amide bonds. The molecule has 1 heterocycles. The number of hydrazone groups is 1. The van der Waals surface area contributed by atoms with Crippen LogP contribution < -0.4 is 16.7 Å². The quantitative estimate of drug-likeness (QED) is 0.207. The number of allylic oxidation sites excluding steroid dienone is 3. The Labute approximate surface area is 188 Å². The van der Waals surface area contributed by atoms with Crippen LogP contribution in [0.25, 0.3) is 0 Å². The van der Waals surface area contributed by atoms with Crippen LogP contribution in [-0.4, -0.2) is 39.9 Å². The van der Waals surface area contributed by atoms with Gasteiger partial charge in [-0.05, 0) is 44.1 Å². The first kappa shape index (κ1) is 28.0. The highest BCUT2D eigenvalue weighted by atomic mass is 32.2. The highest BCUT2D eigenvalue weighted by Gasteiger charge is 2.25. The second-order valence-corrected chi connectivity index (χ2v) is 6.86. The molecule has 0 saturated heterocycles. The van der Waals surface area contributed by atoms with E-state index in [1.807, 2.05) is 64.1 Å². The second kappa shape index (κ2) is 15.8. The van der Waals surface area contributed by atoms with Gasteiger partial charge in [0.1, 0.15) is 0 Å². The minimum Gasteiger partial charge on any atom is -0.483 e. The highest BCUT2D eigenvalue weighted by molar-refractivity contribution is 8.14. The molecule has 2 rings (SSSR count). The first-order valence-electron chi connectivity index (χ1n) is 9.82. The maximum atomic E-state index is 12.6. The number of carbonyl (C=O) groups is 2. The van der Waals surface area contributed by atoms with E-state index in [2.05, 4.69) is 11.7 Å². The third-order valence-corrected chi connectivity index (χ3v) is 4.99. The topological polar surface area (TPSA) is 125 Å². The zero-order chi connectivity index (χ0) is 23.8. The lowest BCUT2D eigenvalue weighted by Crippen LogP contribution is -2.38. The molecule has 1 aliphatic heterocycles. The average molecular weight is 448 g/mol. The SMILES string of the molecule is C=CC1=C(/C=C\C)CCN1C(=O)CS/C(=N/N)N(N)c1ccc(C)cc1.CC.O=CO. The fraction of sp³-hybridized carbons (Fsp3) is 0.318. The third-order valence-electron chi connectivity index (χ3n) is 4.04. The van der Waals surface area contributed by atoms with Gasteiger partial charge in [0.25, 0.3) is 6.47 Å². The fourth-order valence-electron chi connectivity index (χ4n) is 2.71. The number of nitrogens with two attached hydrogens (primary N) is 2. The molecule has 8 nitrogen and oxygen atoms in total. The largest absolute Gasteiger partial charge is 0.483 e. The van der Waals surface area contributed by atoms with Crippen LogP contribution in [0.3, 0.4) is 0 Å². The van der Waals surface area contributed by atoms with Crippen LogP contribution in [-0.2, 0) is 9.59 Å². The summed E-state index contributed by atoms with van der Waals surface area (Å²) in [5.74, 6) is 11.7. The van der Waals surface area contributed by atoms with Crippen LogP contribution in [0, 0.1) is 6.92 Å². The summed E-state index contributed by atoms with van der Waals surface area (Å²) in [7, 11) is 0. The Bertz CT molecular complexity index is 804. The molecule has 5 N–H and O–H groups in total. The summed E-state index contributed by atoms with van der Waals surface area (Å²) in [6, 6.07) is 7.66. The van der Waals surface area contributed by atoms with Gasteiger partial charge in [-0.25, -0.2) is 5.84 Å². The molecule has 0 aliphatic carbocycles. The van der Waals surface area contributed by atoms with E-state index in [0.717, 1.165) is 28.9 Å². The van der Waals surface area contributed by atoms with Crippen LogP contribution in [0.1, 0.15) is 32.8 Å². The molecule has 0 unspecified atom stereocenters. The predicted molar refractivity (Wildman–Crippen MR) is 130 cm³/mol. The van der Waals surface area contributed by atoms with Gasteiger partial charge in [0, 0.05) is 12.2 Å². The van der Waals surface area contributed by atoms with E-state index in [4.69, 9.17) is 21.6 Å². The monoisotopic (exact) mass is 447 g/mol. The Balaban J connectivity index is 0.00000165. The standard InChI is InChI=1S/C19H25N5OS.C2H6.CH2O2/c1-4-6-15-11-12-23(17(15)5-2)18(25)13-26-19(22-20)24(21)16-9-7-14(3)8-10-16;1-2;2-1-3/h4-10H,2,11-13,20-21H2,1,3H3;1-2H3;1H,(H,2,3)/b6-4-,22-19+;;. The molecule has 0 aromatic heterocycles. The Morgan fingerprint density at radius 3 is 2.42 bits per heavy atom. The molecule has 0 radical (unpaired) electrons. The highest BCUT2D eigenvalue weighted by Crippen LogP contribution is 2.26. The number of hydrogen-bond donors (Lipinski definition) is 3. The lowest BCUT2D eigenvalue weighted by molar-refractivity contribution is -0.126. The first-order valence-corrected chi connectivity index (χ1v) is 10.8. The smallest absolute Gasteiger partial charge is 0.290 e. The Hall–Kier alpha value is -3.04. The van der Waals surface area contributed by atoms with Crippen LogP contribution in [0.5, 0.6) is 0 Å². The molecule has 170 valence electrons. The van der Waals surface area contributed by atoms with E-state index in [1.165, 1.54) is 16.8 Å². The summed E-state index contributed by atoms with van der Waals surface area (Å²) in [4.78, 5) is 22.7. The maximum Gasteiger partial charge on any atom is 0.290 e. The van der Waals surface area contributed by atoms with Crippen LogP contribution in [0.4, 0.5) is 5.69 Å². The molecule has 0 saturated carbocycles. The van der Waals surface area contributed by atoms with Gasteiger partial charge in [0.2, 0.25) is 11.1 Å². The van der Waals surface area contributed by atoms with Crippen molar-refractivity contribution in [3.05, 3.63) is 65.9 Å². The van der Waals surface area contributed by atoms with Crippen LogP contribution in [0.2, 0.25) is 0 Å². The molecule has 0 atom stereocenters. The normalized spacial score (nSPS) is 13.2. The number of amides is 1. The van der Waals surface area contributed by atoms with E-state index in [9.17, 15) is 4.79 Å². The second-order valence-electron chi connectivity index (χ2n) is 5.92. The number of rotatable bonds is 5. The number of aryl methyl sites for hydroxylation is 1. The first-order chi connectivity index (χ1) is 14.9. The third kappa shape index (κ3) is 8.69. The molecule has 0 spiro atoms. The van der Waals surface area contributed by atoms with Crippen molar-refractivity contribution in [2.45, 2.75) is 34.1 Å². The Kier molecular flexibility index (Phi) is 14.2. The molecule has 1 aromatic rings. The molecular formula is C22H33N5O3S. The van der Waals surface area contributed by atoms with E-state index in [0.29, 0.717) is 11.7 Å². The lowest BCUT2D eigenvalue weighted by Gasteiger charge is -2.21. The summed E-state index contributed by atoms with van der Waals surface area (Å²) < 4.78 is 0. The van der Waals surface area contributed by atoms with Gasteiger partial charge in [-0.15, -0.1) is 0 Å². The number of anilines is 1. The number of thioether (sulfide) groups is 1. The zero-order valence-electron chi connectivity index (χ0n) is 18.6. The number of amidine groups is 1. The average Bonchev–Trinajstić information content (AvgIpc) is 3.19. The number of carbonyl (C=O) groups excluding carboxylic acids is 1. The summed E-state index contributed by atoms with van der Waals surface area (Å²) >= 11 is 1.21. The van der Waals surface area contributed by atoms with Gasteiger partial charge in [0.15, 0.2) is 0 Å². The minimum absolute atomic E-state index is 0.0251. The Morgan fingerprint density at radius 1 is 1.35 bits per heavy atom. The van der Waals surface area contributed by atoms with Crippen molar-refractivity contribution >= 4 is 35.0 Å². The summed E-state index contributed by atoms with van der Waals surface area (Å²) in [5.41, 5.74) is 3.87. The molecule has 0 fully saturated rings. The van der Waals surface area contributed by atoms with Gasteiger partial charge in [0.05, 0.1) is 11.4 Å². The van der Waals surface area contributed by atoms with Crippen molar-refractivity contribution < 1.29 is 14.7 Å². The van der Waals surface area contributed by atoms with Gasteiger partial charge >= 0.3 is 0 Å². The van der Waals surface area contributed by atoms with E-state index in [1.54, 1.807) is 11.0 Å². The summed E-state index contributed by atoms with van der Waals surface area (Å²) in [6.07, 6.45) is 6.54. The van der Waals surface area contributed by atoms with E-state index >= 15 is 0 Å². The van der Waals surface area contributed by atoms with Gasteiger partial charge in [-0.3, -0.25) is 14.6 Å². The fourth-order valence-corrected chi connectivity index (χ4v) is 3.44. The molecule has 1 aromatic carbocycles. The van der Waals surface area contributed by atoms with Crippen LogP contribution in [0.15, 0.2) is 65.4 Å². The zero-order valence-corrected chi connectivity index (χ0v) is 19.4. The number of hydrazine groups is 1. The molecule has 31 heavy (non-hydrogen) atoms. The number of hydrogen-bond acceptors (Lipinski definition) is 6. The van der Waals surface area contributed by atoms with Crippen molar-refractivity contribution in [1.29, 1.82) is 0 Å².